The first-order valence-electron chi connectivity index (χ1n) is 3.35. The number of rotatable bonds is 2. The molecule has 1 aromatic carbocycles. The van der Waals surface area contributed by atoms with E-state index in [1.807, 2.05) is 6.07 Å². The quantitative estimate of drug-likeness (QED) is 0.687. The van der Waals surface area contributed by atoms with Gasteiger partial charge in [-0.05, 0) is 24.3 Å². The molecule has 0 amide bonds. The van der Waals surface area contributed by atoms with E-state index in [1.54, 1.807) is 24.3 Å². The highest BCUT2D eigenvalue weighted by Crippen LogP contribution is 2.09. The number of hydrogen-bond donors (Lipinski definition) is 1. The zero-order valence-corrected chi connectivity index (χ0v) is 7.17. The van der Waals surface area contributed by atoms with Gasteiger partial charge in [-0.25, -0.2) is 0 Å². The molecular weight excluding hydrogens is 172 g/mol. The van der Waals surface area contributed by atoms with E-state index in [0.717, 1.165) is 0 Å². The summed E-state index contributed by atoms with van der Waals surface area (Å²) in [7, 11) is -1.21. The maximum absolute atomic E-state index is 11.2. The lowest BCUT2D eigenvalue weighted by Crippen LogP contribution is -1.95. The molecule has 0 saturated heterocycles. The Hall–Kier alpha value is -1.34. The third-order valence-electron chi connectivity index (χ3n) is 1.34. The van der Waals surface area contributed by atoms with Crippen molar-refractivity contribution in [2.45, 2.75) is 4.90 Å². The van der Waals surface area contributed by atoms with Crippen molar-refractivity contribution >= 4 is 16.5 Å². The molecule has 0 spiro atoms. The second-order valence-corrected chi connectivity index (χ2v) is 3.67. The van der Waals surface area contributed by atoms with Gasteiger partial charge in [0.15, 0.2) is 0 Å². The molecule has 0 fully saturated rings. The van der Waals surface area contributed by atoms with Crippen molar-refractivity contribution in [1.82, 2.24) is 0 Å². The summed E-state index contributed by atoms with van der Waals surface area (Å²) in [5.74, 6) is 0.0317. The van der Waals surface area contributed by atoms with Crippen LogP contribution in [0.2, 0.25) is 0 Å². The molecule has 0 saturated carbocycles. The lowest BCUT2D eigenvalue weighted by molar-refractivity contribution is 0.685. The third kappa shape index (κ3) is 2.07. The van der Waals surface area contributed by atoms with Crippen LogP contribution in [0.15, 0.2) is 29.2 Å². The van der Waals surface area contributed by atoms with E-state index < -0.39 is 10.8 Å². The van der Waals surface area contributed by atoms with Crippen molar-refractivity contribution in [2.24, 2.45) is 0 Å². The SMILES string of the molecule is N#CCS(=O)c1ccc(N)cc1. The predicted octanol–water partition coefficient (Wildman–Crippen LogP) is 0.900. The molecule has 2 N–H and O–H groups in total. The lowest BCUT2D eigenvalue weighted by atomic mass is 10.3. The van der Waals surface area contributed by atoms with Gasteiger partial charge in [0.1, 0.15) is 5.75 Å². The number of anilines is 1. The zero-order valence-electron chi connectivity index (χ0n) is 6.36. The van der Waals surface area contributed by atoms with Gasteiger partial charge in [-0.2, -0.15) is 5.26 Å². The van der Waals surface area contributed by atoms with Gasteiger partial charge in [-0.3, -0.25) is 4.21 Å². The maximum atomic E-state index is 11.2. The molecule has 1 unspecified atom stereocenters. The first-order valence-corrected chi connectivity index (χ1v) is 4.67. The molecule has 4 heteroatoms. The fourth-order valence-electron chi connectivity index (χ4n) is 0.762. The Kier molecular flexibility index (Phi) is 2.83. The Labute approximate surface area is 73.3 Å². The lowest BCUT2D eigenvalue weighted by Gasteiger charge is -1.97. The molecule has 0 heterocycles. The van der Waals surface area contributed by atoms with Crippen molar-refractivity contribution in [3.8, 4) is 6.07 Å². The summed E-state index contributed by atoms with van der Waals surface area (Å²) in [6.45, 7) is 0. The molecule has 0 aliphatic carbocycles. The highest BCUT2D eigenvalue weighted by molar-refractivity contribution is 7.85. The molecule has 0 aromatic heterocycles. The largest absolute Gasteiger partial charge is 0.399 e. The highest BCUT2D eigenvalue weighted by Gasteiger charge is 2.00. The van der Waals surface area contributed by atoms with Crippen LogP contribution in [0.3, 0.4) is 0 Å². The second kappa shape index (κ2) is 3.88. The predicted molar refractivity (Wildman–Crippen MR) is 47.7 cm³/mol. The summed E-state index contributed by atoms with van der Waals surface area (Å²) in [6, 6.07) is 8.53. The molecule has 0 aliphatic heterocycles. The van der Waals surface area contributed by atoms with Crippen molar-refractivity contribution in [3.63, 3.8) is 0 Å². The molecule has 0 radical (unpaired) electrons. The van der Waals surface area contributed by atoms with E-state index in [9.17, 15) is 4.21 Å². The van der Waals surface area contributed by atoms with Crippen molar-refractivity contribution in [3.05, 3.63) is 24.3 Å². The fraction of sp³-hybridized carbons (Fsp3) is 0.125. The molecule has 1 atom stereocenters. The summed E-state index contributed by atoms with van der Waals surface area (Å²) >= 11 is 0. The summed E-state index contributed by atoms with van der Waals surface area (Å²) < 4.78 is 11.2. The van der Waals surface area contributed by atoms with E-state index >= 15 is 0 Å². The van der Waals surface area contributed by atoms with E-state index in [-0.39, 0.29) is 5.75 Å². The third-order valence-corrected chi connectivity index (χ3v) is 2.53. The van der Waals surface area contributed by atoms with E-state index in [0.29, 0.717) is 10.6 Å². The fourth-order valence-corrected chi connectivity index (χ4v) is 1.49. The Morgan fingerprint density at radius 3 is 2.50 bits per heavy atom. The van der Waals surface area contributed by atoms with Gasteiger partial charge in [-0.15, -0.1) is 0 Å². The summed E-state index contributed by atoms with van der Waals surface area (Å²) in [5, 5.41) is 8.28. The number of hydrogen-bond acceptors (Lipinski definition) is 3. The van der Waals surface area contributed by atoms with Crippen molar-refractivity contribution in [1.29, 1.82) is 5.26 Å². The van der Waals surface area contributed by atoms with Gasteiger partial charge in [0.05, 0.1) is 16.9 Å². The summed E-state index contributed by atoms with van der Waals surface area (Å²) in [4.78, 5) is 0.644. The van der Waals surface area contributed by atoms with Crippen LogP contribution in [0, 0.1) is 11.3 Å². The molecule has 1 rings (SSSR count). The van der Waals surface area contributed by atoms with E-state index in [1.165, 1.54) is 0 Å². The first-order chi connectivity index (χ1) is 5.74. The van der Waals surface area contributed by atoms with Gasteiger partial charge in [0, 0.05) is 10.6 Å². The molecule has 0 bridgehead atoms. The average Bonchev–Trinajstić information content (AvgIpc) is 2.06. The molecular formula is C8H8N2OS. The molecule has 1 aromatic rings. The van der Waals surface area contributed by atoms with Gasteiger partial charge >= 0.3 is 0 Å². The highest BCUT2D eigenvalue weighted by atomic mass is 32.2. The van der Waals surface area contributed by atoms with Gasteiger partial charge in [-0.1, -0.05) is 0 Å². The zero-order chi connectivity index (χ0) is 8.97. The summed E-state index contributed by atoms with van der Waals surface area (Å²) in [6.07, 6.45) is 0. The Morgan fingerprint density at radius 2 is 2.00 bits per heavy atom. The molecule has 12 heavy (non-hydrogen) atoms. The van der Waals surface area contributed by atoms with Crippen LogP contribution in [0.1, 0.15) is 0 Å². The number of nitrogen functional groups attached to an aromatic ring is 1. The average molecular weight is 180 g/mol. The van der Waals surface area contributed by atoms with Crippen LogP contribution < -0.4 is 5.73 Å². The summed E-state index contributed by atoms with van der Waals surface area (Å²) in [5.41, 5.74) is 6.07. The Bertz CT molecular complexity index is 326. The van der Waals surface area contributed by atoms with Crippen LogP contribution in [0.25, 0.3) is 0 Å². The van der Waals surface area contributed by atoms with Crippen LogP contribution >= 0.6 is 0 Å². The molecule has 0 aliphatic rings. The monoisotopic (exact) mass is 180 g/mol. The smallest absolute Gasteiger partial charge is 0.115 e. The van der Waals surface area contributed by atoms with Crippen LogP contribution in [0.4, 0.5) is 5.69 Å². The van der Waals surface area contributed by atoms with Gasteiger partial charge < -0.3 is 5.73 Å². The van der Waals surface area contributed by atoms with Gasteiger partial charge in [0.25, 0.3) is 0 Å². The Balaban J connectivity index is 2.84. The van der Waals surface area contributed by atoms with E-state index in [4.69, 9.17) is 11.0 Å². The van der Waals surface area contributed by atoms with Crippen molar-refractivity contribution in [2.75, 3.05) is 11.5 Å². The standard InChI is InChI=1S/C8H8N2OS/c9-5-6-12(11)8-3-1-7(10)2-4-8/h1-4H,6,10H2. The maximum Gasteiger partial charge on any atom is 0.115 e. The number of benzene rings is 1. The van der Waals surface area contributed by atoms with E-state index in [2.05, 4.69) is 0 Å². The first kappa shape index (κ1) is 8.75. The minimum atomic E-state index is -1.21. The van der Waals surface area contributed by atoms with Crippen molar-refractivity contribution < 1.29 is 4.21 Å². The Morgan fingerprint density at radius 1 is 1.42 bits per heavy atom. The number of nitrogens with two attached hydrogens (primary N) is 1. The topological polar surface area (TPSA) is 66.9 Å². The van der Waals surface area contributed by atoms with Gasteiger partial charge in [0.2, 0.25) is 0 Å². The normalized spacial score (nSPS) is 11.9. The minimum Gasteiger partial charge on any atom is -0.399 e. The number of nitrogens with zero attached hydrogens (tertiary/aromatic N) is 1. The number of nitriles is 1. The second-order valence-electron chi connectivity index (χ2n) is 2.22. The van der Waals surface area contributed by atoms with Crippen LogP contribution in [0.5, 0.6) is 0 Å². The minimum absolute atomic E-state index is 0.0317. The molecule has 62 valence electrons. The molecule has 3 nitrogen and oxygen atoms in total. The van der Waals surface area contributed by atoms with Crippen LogP contribution in [-0.4, -0.2) is 9.96 Å². The van der Waals surface area contributed by atoms with Crippen LogP contribution in [-0.2, 0) is 10.8 Å².